The summed E-state index contributed by atoms with van der Waals surface area (Å²) in [6.45, 7) is 8.85. The largest absolute Gasteiger partial charge is 0.491 e. The van der Waals surface area contributed by atoms with Crippen LogP contribution < -0.4 is 42.2 Å². The molecule has 4 aromatic rings. The highest BCUT2D eigenvalue weighted by Crippen LogP contribution is 2.20. The maximum atomic E-state index is 13.5. The number of carbonyl (C=O) groups is 1. The number of halogens is 3. The van der Waals surface area contributed by atoms with Gasteiger partial charge in [0.15, 0.2) is 23.3 Å². The molecule has 0 saturated carbocycles. The van der Waals surface area contributed by atoms with E-state index in [4.69, 9.17) is 46.8 Å². The van der Waals surface area contributed by atoms with Crippen LogP contribution >= 0.6 is 11.6 Å². The lowest BCUT2D eigenvalue weighted by Crippen LogP contribution is -2.35. The number of amides is 1. The highest BCUT2D eigenvalue weighted by Gasteiger charge is 2.15. The van der Waals surface area contributed by atoms with Gasteiger partial charge in [-0.25, -0.2) is 23.5 Å². The molecular formula is C36H53ClF2N10O6. The molecule has 0 aliphatic heterocycles. The monoisotopic (exact) mass is 794 g/mol. The lowest BCUT2D eigenvalue weighted by Gasteiger charge is -2.19. The van der Waals surface area contributed by atoms with Crippen molar-refractivity contribution in [3.63, 3.8) is 0 Å². The molecule has 2 aromatic carbocycles. The summed E-state index contributed by atoms with van der Waals surface area (Å²) in [5.41, 5.74) is 11.8. The average molecular weight is 795 g/mol. The lowest BCUT2D eigenvalue weighted by atomic mass is 10.2. The number of anilines is 5. The van der Waals surface area contributed by atoms with Gasteiger partial charge in [-0.05, 0) is 80.9 Å². The minimum Gasteiger partial charge on any atom is -0.491 e. The van der Waals surface area contributed by atoms with E-state index < -0.39 is 23.3 Å². The van der Waals surface area contributed by atoms with Crippen molar-refractivity contribution in [3.05, 3.63) is 77.8 Å². The van der Waals surface area contributed by atoms with Crippen molar-refractivity contribution in [2.75, 3.05) is 88.5 Å². The first-order chi connectivity index (χ1) is 25.8. The van der Waals surface area contributed by atoms with Gasteiger partial charge in [-0.15, -0.1) is 0 Å². The van der Waals surface area contributed by atoms with Gasteiger partial charge in [0.05, 0.1) is 25.6 Å². The van der Waals surface area contributed by atoms with Crippen LogP contribution in [0.1, 0.15) is 28.2 Å². The summed E-state index contributed by atoms with van der Waals surface area (Å²) in [5, 5.41) is 11.0. The highest BCUT2D eigenvalue weighted by molar-refractivity contribution is 6.28. The summed E-state index contributed by atoms with van der Waals surface area (Å²) in [6.07, 6.45) is 1.55. The molecule has 8 N–H and O–H groups in total. The molecule has 0 atom stereocenters. The van der Waals surface area contributed by atoms with Gasteiger partial charge in [-0.1, -0.05) is 7.43 Å². The minimum atomic E-state index is -0.610. The Morgan fingerprint density at radius 3 is 1.85 bits per heavy atom. The number of hydrogen-bond acceptors (Lipinski definition) is 15. The zero-order chi connectivity index (χ0) is 39.8. The summed E-state index contributed by atoms with van der Waals surface area (Å²) in [5.74, 6) is 0.823. The molecule has 0 bridgehead atoms. The number of nitrogen functional groups attached to an aromatic ring is 1. The number of benzene rings is 2. The molecule has 0 unspecified atom stereocenters. The van der Waals surface area contributed by atoms with Crippen LogP contribution in [0.3, 0.4) is 0 Å². The quantitative estimate of drug-likeness (QED) is 0.0418. The van der Waals surface area contributed by atoms with E-state index in [1.165, 1.54) is 0 Å². The van der Waals surface area contributed by atoms with Crippen molar-refractivity contribution >= 4 is 46.7 Å². The predicted molar refractivity (Wildman–Crippen MR) is 211 cm³/mol. The fourth-order valence-electron chi connectivity index (χ4n) is 3.68. The number of carbonyl (C=O) groups excluding carboxylic acids is 1. The Morgan fingerprint density at radius 1 is 0.782 bits per heavy atom. The number of ether oxygens (including phenoxy) is 5. The third-order valence-corrected chi connectivity index (χ3v) is 6.27. The first-order valence-corrected chi connectivity index (χ1v) is 17.0. The average Bonchev–Trinajstić information content (AvgIpc) is 3.13. The van der Waals surface area contributed by atoms with Crippen molar-refractivity contribution in [2.45, 2.75) is 33.8 Å². The molecule has 2 heterocycles. The molecule has 0 spiro atoms. The second-order valence-electron chi connectivity index (χ2n) is 11.7. The normalized spacial score (nSPS) is 10.3. The SMILES string of the molecule is C.CC(C)(C)OC(=O)NCCNc1nc(Cl)ncc1F.COCCOc1ccc(N)cc1.COCCOc1ccc(Nc2ncc(F)c(NCCN)n2)cc1. The van der Waals surface area contributed by atoms with E-state index in [-0.39, 0.29) is 37.4 Å². The van der Waals surface area contributed by atoms with E-state index in [0.717, 1.165) is 35.3 Å². The number of hydrogen-bond donors (Lipinski definition) is 6. The van der Waals surface area contributed by atoms with E-state index in [0.29, 0.717) is 45.5 Å². The van der Waals surface area contributed by atoms with Gasteiger partial charge < -0.3 is 56.4 Å². The van der Waals surface area contributed by atoms with Crippen LogP contribution in [0.5, 0.6) is 11.5 Å². The van der Waals surface area contributed by atoms with Gasteiger partial charge in [0.25, 0.3) is 0 Å². The van der Waals surface area contributed by atoms with Crippen molar-refractivity contribution in [2.24, 2.45) is 5.73 Å². The Kier molecular flexibility index (Phi) is 23.0. The molecule has 0 radical (unpaired) electrons. The topological polar surface area (TPSA) is 215 Å². The molecule has 304 valence electrons. The first-order valence-electron chi connectivity index (χ1n) is 16.6. The van der Waals surface area contributed by atoms with Crippen LogP contribution in [0.2, 0.25) is 5.28 Å². The van der Waals surface area contributed by atoms with E-state index in [2.05, 4.69) is 41.2 Å². The second kappa shape index (κ2) is 26.5. The fourth-order valence-corrected chi connectivity index (χ4v) is 3.82. The van der Waals surface area contributed by atoms with E-state index in [9.17, 15) is 13.6 Å². The van der Waals surface area contributed by atoms with Crippen LogP contribution in [0.4, 0.5) is 42.5 Å². The summed E-state index contributed by atoms with van der Waals surface area (Å²) < 4.78 is 52.4. The first kappa shape index (κ1) is 47.7. The number of nitrogens with zero attached hydrogens (tertiary/aromatic N) is 4. The van der Waals surface area contributed by atoms with Crippen LogP contribution in [0.15, 0.2) is 60.9 Å². The summed E-state index contributed by atoms with van der Waals surface area (Å²) >= 11 is 5.53. The maximum absolute atomic E-state index is 13.5. The van der Waals surface area contributed by atoms with Crippen molar-refractivity contribution in [1.29, 1.82) is 0 Å². The number of methoxy groups -OCH3 is 2. The number of alkyl carbamates (subject to hydrolysis) is 1. The predicted octanol–water partition coefficient (Wildman–Crippen LogP) is 5.89. The molecule has 4 rings (SSSR count). The molecule has 16 nitrogen and oxygen atoms in total. The van der Waals surface area contributed by atoms with E-state index >= 15 is 0 Å². The van der Waals surface area contributed by atoms with Crippen molar-refractivity contribution < 1.29 is 37.3 Å². The van der Waals surface area contributed by atoms with Gasteiger partial charge in [0, 0.05) is 51.8 Å². The summed E-state index contributed by atoms with van der Waals surface area (Å²) in [6, 6.07) is 14.6. The molecule has 19 heteroatoms. The Morgan fingerprint density at radius 2 is 1.31 bits per heavy atom. The van der Waals surface area contributed by atoms with Gasteiger partial charge >= 0.3 is 6.09 Å². The highest BCUT2D eigenvalue weighted by atomic mass is 35.5. The van der Waals surface area contributed by atoms with Crippen LogP contribution in [-0.4, -0.2) is 98.5 Å². The molecule has 0 saturated heterocycles. The second-order valence-corrected chi connectivity index (χ2v) is 12.0. The van der Waals surface area contributed by atoms with E-state index in [1.54, 1.807) is 35.0 Å². The number of rotatable bonds is 17. The fraction of sp³-hybridized carbons (Fsp3) is 0.417. The Hall–Kier alpha value is -5.30. The third kappa shape index (κ3) is 21.2. The van der Waals surface area contributed by atoms with Gasteiger partial charge in [0.1, 0.15) is 30.3 Å². The lowest BCUT2D eigenvalue weighted by molar-refractivity contribution is 0.0530. The molecule has 0 aliphatic rings. The molecule has 0 aliphatic carbocycles. The summed E-state index contributed by atoms with van der Waals surface area (Å²) in [4.78, 5) is 26.5. The zero-order valence-electron chi connectivity index (χ0n) is 31.0. The van der Waals surface area contributed by atoms with Gasteiger partial charge in [0.2, 0.25) is 11.2 Å². The van der Waals surface area contributed by atoms with Crippen molar-refractivity contribution in [3.8, 4) is 11.5 Å². The molecule has 55 heavy (non-hydrogen) atoms. The minimum absolute atomic E-state index is 0. The standard InChI is InChI=1S/C15H20FN5O2.C11H16ClFN4O2.C9H13NO2.CH4/c1-22-8-9-23-12-4-2-11(3-5-12)20-15-19-10-13(16)14(21-15)18-7-6-17;1-11(2,3)19-10(18)15-5-4-14-8-7(13)6-16-9(12)17-8;1-11-6-7-12-9-4-2-8(10)3-5-9;/h2-5,10H,6-9,17H2,1H3,(H2,18,19,20,21);6H,4-5H2,1-3H3,(H,15,18)(H,14,16,17);2-5H,6-7,10H2,1H3;1H4. The number of nitrogens with one attached hydrogen (secondary N) is 4. The number of nitrogens with two attached hydrogens (primary N) is 2. The van der Waals surface area contributed by atoms with Crippen LogP contribution in [0, 0.1) is 11.6 Å². The molecule has 2 aromatic heterocycles. The van der Waals surface area contributed by atoms with Crippen molar-refractivity contribution in [1.82, 2.24) is 25.3 Å². The Labute approximate surface area is 326 Å². The molecule has 0 fully saturated rings. The third-order valence-electron chi connectivity index (χ3n) is 6.08. The van der Waals surface area contributed by atoms with Gasteiger partial charge in [-0.3, -0.25) is 0 Å². The molecular weight excluding hydrogens is 742 g/mol. The molecule has 1 amide bonds. The Balaban J connectivity index is 0.000000428. The maximum Gasteiger partial charge on any atom is 0.407 e. The van der Waals surface area contributed by atoms with Gasteiger partial charge in [-0.2, -0.15) is 9.97 Å². The summed E-state index contributed by atoms with van der Waals surface area (Å²) in [7, 11) is 3.27. The Bertz CT molecular complexity index is 1660. The van der Waals surface area contributed by atoms with Crippen LogP contribution in [0.25, 0.3) is 0 Å². The zero-order valence-corrected chi connectivity index (χ0v) is 31.7. The number of aromatic nitrogens is 4. The van der Waals surface area contributed by atoms with Crippen LogP contribution in [-0.2, 0) is 14.2 Å². The smallest absolute Gasteiger partial charge is 0.407 e. The van der Waals surface area contributed by atoms with E-state index in [1.807, 2.05) is 48.5 Å².